The van der Waals surface area contributed by atoms with Crippen LogP contribution in [0.4, 0.5) is 0 Å². The summed E-state index contributed by atoms with van der Waals surface area (Å²) in [5.74, 6) is 1.53. The van der Waals surface area contributed by atoms with E-state index in [1.807, 2.05) is 54.6 Å². The van der Waals surface area contributed by atoms with Crippen LogP contribution in [0.3, 0.4) is 0 Å². The Bertz CT molecular complexity index is 1140. The van der Waals surface area contributed by atoms with Crippen LogP contribution in [0.2, 0.25) is 0 Å². The number of carbonyl (C=O) groups excluding carboxylic acids is 1. The topological polar surface area (TPSA) is 81.6 Å². The molecule has 2 aromatic heterocycles. The van der Waals surface area contributed by atoms with E-state index in [1.54, 1.807) is 11.0 Å². The maximum absolute atomic E-state index is 12.5. The maximum Gasteiger partial charge on any atom is 0.262 e. The Morgan fingerprint density at radius 1 is 1.07 bits per heavy atom. The lowest BCUT2D eigenvalue weighted by Gasteiger charge is -2.17. The highest BCUT2D eigenvalue weighted by molar-refractivity contribution is 5.94. The Labute approximate surface area is 172 Å². The van der Waals surface area contributed by atoms with E-state index in [0.29, 0.717) is 36.1 Å². The number of benzene rings is 2. The van der Waals surface area contributed by atoms with Gasteiger partial charge in [0.05, 0.1) is 23.9 Å². The van der Waals surface area contributed by atoms with Crippen LogP contribution in [0.5, 0.6) is 5.75 Å². The maximum atomic E-state index is 12.5. The molecule has 1 atom stereocenters. The molecule has 7 heteroatoms. The van der Waals surface area contributed by atoms with E-state index < -0.39 is 0 Å². The van der Waals surface area contributed by atoms with E-state index in [1.165, 1.54) is 12.5 Å². The Morgan fingerprint density at radius 3 is 2.73 bits per heavy atom. The van der Waals surface area contributed by atoms with Gasteiger partial charge in [0.1, 0.15) is 18.1 Å². The molecule has 0 aliphatic carbocycles. The summed E-state index contributed by atoms with van der Waals surface area (Å²) in [7, 11) is 0. The highest BCUT2D eigenvalue weighted by Crippen LogP contribution is 2.32. The highest BCUT2D eigenvalue weighted by atomic mass is 16.5. The summed E-state index contributed by atoms with van der Waals surface area (Å²) in [6, 6.07) is 18.9. The molecule has 30 heavy (non-hydrogen) atoms. The number of ether oxygens (including phenoxy) is 1. The fourth-order valence-electron chi connectivity index (χ4n) is 3.54. The van der Waals surface area contributed by atoms with Gasteiger partial charge in [-0.3, -0.25) is 4.79 Å². The number of carbonyl (C=O) groups is 1. The number of likely N-dealkylation sites (tertiary alicyclic amines) is 1. The minimum atomic E-state index is -0.112. The predicted octanol–water partition coefficient (Wildman–Crippen LogP) is 4.29. The molecular formula is C23H19N3O4. The third-order valence-electron chi connectivity index (χ3n) is 5.07. The van der Waals surface area contributed by atoms with Crippen LogP contribution in [0, 0.1) is 0 Å². The lowest BCUT2D eigenvalue weighted by Crippen LogP contribution is -2.30. The quantitative estimate of drug-likeness (QED) is 0.496. The van der Waals surface area contributed by atoms with Crippen molar-refractivity contribution >= 4 is 5.91 Å². The van der Waals surface area contributed by atoms with Crippen molar-refractivity contribution in [1.82, 2.24) is 15.0 Å². The Balaban J connectivity index is 1.33. The van der Waals surface area contributed by atoms with Gasteiger partial charge in [-0.05, 0) is 18.2 Å². The van der Waals surface area contributed by atoms with Crippen molar-refractivity contribution in [2.45, 2.75) is 12.5 Å². The molecule has 0 N–H and O–H groups in total. The lowest BCUT2D eigenvalue weighted by atomic mass is 10.2. The fraction of sp³-hybridized carbons (Fsp3) is 0.174. The summed E-state index contributed by atoms with van der Waals surface area (Å²) in [5.41, 5.74) is 2.16. The van der Waals surface area contributed by atoms with Crippen molar-refractivity contribution in [2.24, 2.45) is 0 Å². The van der Waals surface area contributed by atoms with E-state index in [2.05, 4.69) is 10.1 Å². The van der Waals surface area contributed by atoms with Crippen LogP contribution in [-0.2, 0) is 0 Å². The van der Waals surface area contributed by atoms with E-state index in [9.17, 15) is 4.79 Å². The van der Waals surface area contributed by atoms with Gasteiger partial charge in [-0.2, -0.15) is 4.98 Å². The summed E-state index contributed by atoms with van der Waals surface area (Å²) in [6.07, 6.45) is 3.60. The first-order chi connectivity index (χ1) is 14.8. The third kappa shape index (κ3) is 3.57. The normalized spacial score (nSPS) is 16.0. The zero-order valence-corrected chi connectivity index (χ0v) is 16.1. The average molecular weight is 401 g/mol. The summed E-state index contributed by atoms with van der Waals surface area (Å²) in [6.45, 7) is 1.15. The van der Waals surface area contributed by atoms with Crippen molar-refractivity contribution < 1.29 is 18.5 Å². The van der Waals surface area contributed by atoms with Crippen LogP contribution in [0.1, 0.15) is 16.8 Å². The van der Waals surface area contributed by atoms with E-state index in [4.69, 9.17) is 13.7 Å². The number of aromatic nitrogens is 2. The van der Waals surface area contributed by atoms with Crippen molar-refractivity contribution in [1.29, 1.82) is 0 Å². The highest BCUT2D eigenvalue weighted by Gasteiger charge is 2.29. The first kappa shape index (κ1) is 18.2. The van der Waals surface area contributed by atoms with Gasteiger partial charge in [0, 0.05) is 18.5 Å². The number of rotatable bonds is 5. The monoisotopic (exact) mass is 401 g/mol. The van der Waals surface area contributed by atoms with E-state index >= 15 is 0 Å². The Hall–Kier alpha value is -3.87. The number of hydrogen-bond acceptors (Lipinski definition) is 6. The third-order valence-corrected chi connectivity index (χ3v) is 5.07. The second-order valence-corrected chi connectivity index (χ2v) is 7.08. The van der Waals surface area contributed by atoms with Gasteiger partial charge in [0.15, 0.2) is 0 Å². The zero-order valence-electron chi connectivity index (χ0n) is 16.1. The average Bonchev–Trinajstić information content (AvgIpc) is 3.56. The van der Waals surface area contributed by atoms with Gasteiger partial charge >= 0.3 is 0 Å². The Morgan fingerprint density at radius 2 is 1.90 bits per heavy atom. The predicted molar refractivity (Wildman–Crippen MR) is 109 cm³/mol. The SMILES string of the molecule is O=C(c1ccoc1)N1CCC(Oc2ccccc2-c2nc(-c3ccccc3)no2)C1. The van der Waals surface area contributed by atoms with Crippen molar-refractivity contribution in [2.75, 3.05) is 13.1 Å². The van der Waals surface area contributed by atoms with Gasteiger partial charge < -0.3 is 18.6 Å². The second kappa shape index (κ2) is 7.87. The largest absolute Gasteiger partial charge is 0.488 e. The number of amides is 1. The summed E-state index contributed by atoms with van der Waals surface area (Å²) >= 11 is 0. The van der Waals surface area contributed by atoms with Gasteiger partial charge in [0.2, 0.25) is 5.82 Å². The Kier molecular flexibility index (Phi) is 4.77. The van der Waals surface area contributed by atoms with Crippen molar-refractivity contribution in [3.05, 3.63) is 78.8 Å². The molecule has 0 bridgehead atoms. The molecule has 0 saturated carbocycles. The number of para-hydroxylation sites is 1. The number of nitrogens with zero attached hydrogens (tertiary/aromatic N) is 3. The molecule has 1 saturated heterocycles. The first-order valence-corrected chi connectivity index (χ1v) is 9.74. The van der Waals surface area contributed by atoms with Crippen LogP contribution < -0.4 is 4.74 Å². The molecule has 0 radical (unpaired) electrons. The van der Waals surface area contributed by atoms with Crippen LogP contribution in [-0.4, -0.2) is 40.1 Å². The molecule has 2 aromatic carbocycles. The van der Waals surface area contributed by atoms with Gasteiger partial charge in [-0.1, -0.05) is 47.6 Å². The van der Waals surface area contributed by atoms with Crippen molar-refractivity contribution in [3.8, 4) is 28.6 Å². The molecular weight excluding hydrogens is 382 g/mol. The fourth-order valence-corrected chi connectivity index (χ4v) is 3.54. The van der Waals surface area contributed by atoms with Gasteiger partial charge in [-0.15, -0.1) is 0 Å². The number of hydrogen-bond donors (Lipinski definition) is 0. The first-order valence-electron chi connectivity index (χ1n) is 9.74. The smallest absolute Gasteiger partial charge is 0.262 e. The minimum absolute atomic E-state index is 0.0486. The van der Waals surface area contributed by atoms with Crippen LogP contribution in [0.15, 0.2) is 82.1 Å². The minimum Gasteiger partial charge on any atom is -0.488 e. The molecule has 1 aliphatic rings. The standard InChI is InChI=1S/C23H19N3O4/c27-23(17-11-13-28-15-17)26-12-10-18(14-26)29-20-9-5-4-8-19(20)22-24-21(25-30-22)16-6-2-1-3-7-16/h1-9,11,13,15,18H,10,12,14H2. The molecule has 4 aromatic rings. The van der Waals surface area contributed by atoms with Crippen LogP contribution in [0.25, 0.3) is 22.8 Å². The molecule has 1 aliphatic heterocycles. The molecule has 1 unspecified atom stereocenters. The zero-order chi connectivity index (χ0) is 20.3. The van der Waals surface area contributed by atoms with Gasteiger partial charge in [0.25, 0.3) is 11.8 Å². The second-order valence-electron chi connectivity index (χ2n) is 7.08. The molecule has 1 fully saturated rings. The molecule has 3 heterocycles. The number of furan rings is 1. The summed E-state index contributed by atoms with van der Waals surface area (Å²) < 4.78 is 16.7. The molecule has 150 valence electrons. The summed E-state index contributed by atoms with van der Waals surface area (Å²) in [5, 5.41) is 4.10. The molecule has 1 amide bonds. The van der Waals surface area contributed by atoms with E-state index in [-0.39, 0.29) is 12.0 Å². The van der Waals surface area contributed by atoms with Crippen molar-refractivity contribution in [3.63, 3.8) is 0 Å². The van der Waals surface area contributed by atoms with E-state index in [0.717, 1.165) is 17.5 Å². The molecule has 5 rings (SSSR count). The summed E-state index contributed by atoms with van der Waals surface area (Å²) in [4.78, 5) is 18.8. The van der Waals surface area contributed by atoms with Crippen LogP contribution >= 0.6 is 0 Å². The molecule has 7 nitrogen and oxygen atoms in total. The van der Waals surface area contributed by atoms with Gasteiger partial charge in [-0.25, -0.2) is 0 Å². The molecule has 0 spiro atoms. The lowest BCUT2D eigenvalue weighted by molar-refractivity contribution is 0.0772.